The van der Waals surface area contributed by atoms with Crippen LogP contribution in [0.5, 0.6) is 0 Å². The van der Waals surface area contributed by atoms with E-state index in [0.29, 0.717) is 5.41 Å². The van der Waals surface area contributed by atoms with Crippen LogP contribution in [0.15, 0.2) is 12.7 Å². The van der Waals surface area contributed by atoms with E-state index in [2.05, 4.69) is 34.3 Å². The summed E-state index contributed by atoms with van der Waals surface area (Å²) in [6, 6.07) is 0. The smallest absolute Gasteiger partial charge is 0.0271 e. The molecule has 1 aliphatic rings. The zero-order chi connectivity index (χ0) is 10.8. The summed E-state index contributed by atoms with van der Waals surface area (Å²) in [5.41, 5.74) is 0.669. The van der Waals surface area contributed by atoms with Crippen LogP contribution in [0, 0.1) is 23.2 Å². The van der Waals surface area contributed by atoms with Crippen LogP contribution in [0.4, 0.5) is 0 Å². The SMILES string of the molecule is C=CCCC(C)CC1CC1(C)C(C)C. The first-order valence-corrected chi connectivity index (χ1v) is 6.11. The molecule has 0 spiro atoms. The highest BCUT2D eigenvalue weighted by molar-refractivity contribution is 5.00. The maximum Gasteiger partial charge on any atom is -0.0271 e. The summed E-state index contributed by atoms with van der Waals surface area (Å²) in [5, 5.41) is 0. The predicted octanol–water partition coefficient (Wildman–Crippen LogP) is 4.66. The summed E-state index contributed by atoms with van der Waals surface area (Å²) >= 11 is 0. The lowest BCUT2D eigenvalue weighted by Gasteiger charge is -2.17. The average molecular weight is 194 g/mol. The summed E-state index contributed by atoms with van der Waals surface area (Å²) in [5.74, 6) is 2.75. The van der Waals surface area contributed by atoms with Gasteiger partial charge >= 0.3 is 0 Å². The van der Waals surface area contributed by atoms with Gasteiger partial charge in [0.1, 0.15) is 0 Å². The molecule has 1 saturated carbocycles. The zero-order valence-corrected chi connectivity index (χ0v) is 10.3. The summed E-state index contributed by atoms with van der Waals surface area (Å²) in [6.45, 7) is 13.4. The third-order valence-corrected chi connectivity index (χ3v) is 4.33. The lowest BCUT2D eigenvalue weighted by molar-refractivity contribution is 0.325. The molecule has 0 bridgehead atoms. The average Bonchev–Trinajstić information content (AvgIpc) is 2.75. The third kappa shape index (κ3) is 2.62. The van der Waals surface area contributed by atoms with E-state index in [1.54, 1.807) is 0 Å². The van der Waals surface area contributed by atoms with E-state index in [4.69, 9.17) is 0 Å². The van der Waals surface area contributed by atoms with E-state index < -0.39 is 0 Å². The molecule has 0 aliphatic heterocycles. The van der Waals surface area contributed by atoms with Gasteiger partial charge in [-0.2, -0.15) is 0 Å². The van der Waals surface area contributed by atoms with E-state index >= 15 is 0 Å². The van der Waals surface area contributed by atoms with Gasteiger partial charge in [-0.25, -0.2) is 0 Å². The summed E-state index contributed by atoms with van der Waals surface area (Å²) in [7, 11) is 0. The van der Waals surface area contributed by atoms with Crippen LogP contribution in [0.1, 0.15) is 53.4 Å². The molecule has 82 valence electrons. The molecule has 1 rings (SSSR count). The Bertz CT molecular complexity index is 192. The molecule has 3 atom stereocenters. The van der Waals surface area contributed by atoms with Crippen LogP contribution in [-0.4, -0.2) is 0 Å². The maximum absolute atomic E-state index is 3.78. The second kappa shape index (κ2) is 4.51. The van der Waals surface area contributed by atoms with Gasteiger partial charge in [-0.1, -0.05) is 33.8 Å². The molecular weight excluding hydrogens is 168 g/mol. The van der Waals surface area contributed by atoms with Crippen molar-refractivity contribution in [1.82, 2.24) is 0 Å². The fourth-order valence-electron chi connectivity index (χ4n) is 2.54. The van der Waals surface area contributed by atoms with Crippen molar-refractivity contribution in [2.24, 2.45) is 23.2 Å². The molecule has 0 saturated heterocycles. The fraction of sp³-hybridized carbons (Fsp3) is 0.857. The Morgan fingerprint density at radius 2 is 2.07 bits per heavy atom. The Hall–Kier alpha value is -0.260. The fourth-order valence-corrected chi connectivity index (χ4v) is 2.54. The monoisotopic (exact) mass is 194 g/mol. The van der Waals surface area contributed by atoms with Crippen molar-refractivity contribution in [3.63, 3.8) is 0 Å². The first kappa shape index (κ1) is 11.8. The van der Waals surface area contributed by atoms with E-state index in [1.165, 1.54) is 25.7 Å². The minimum atomic E-state index is 0.669. The van der Waals surface area contributed by atoms with Gasteiger partial charge in [-0.3, -0.25) is 0 Å². The van der Waals surface area contributed by atoms with Crippen molar-refractivity contribution in [2.75, 3.05) is 0 Å². The number of hydrogen-bond acceptors (Lipinski definition) is 0. The minimum Gasteiger partial charge on any atom is -0.103 e. The lowest BCUT2D eigenvalue weighted by atomic mass is 9.88. The Balaban J connectivity index is 2.24. The molecule has 14 heavy (non-hydrogen) atoms. The molecule has 0 N–H and O–H groups in total. The molecular formula is C14H26. The Morgan fingerprint density at radius 3 is 2.50 bits per heavy atom. The van der Waals surface area contributed by atoms with Crippen LogP contribution in [0.2, 0.25) is 0 Å². The predicted molar refractivity (Wildman–Crippen MR) is 64.3 cm³/mol. The molecule has 0 amide bonds. The second-order valence-electron chi connectivity index (χ2n) is 5.77. The molecule has 0 heterocycles. The van der Waals surface area contributed by atoms with Gasteiger partial charge < -0.3 is 0 Å². The van der Waals surface area contributed by atoms with E-state index in [1.807, 2.05) is 6.08 Å². The first-order valence-electron chi connectivity index (χ1n) is 6.11. The van der Waals surface area contributed by atoms with Gasteiger partial charge in [0.2, 0.25) is 0 Å². The van der Waals surface area contributed by atoms with Gasteiger partial charge in [-0.05, 0) is 48.9 Å². The van der Waals surface area contributed by atoms with Gasteiger partial charge in [0, 0.05) is 0 Å². The standard InChI is InChI=1S/C14H26/c1-6-7-8-12(4)9-13-10-14(13,5)11(2)3/h6,11-13H,1,7-10H2,2-5H3. The minimum absolute atomic E-state index is 0.669. The highest BCUT2D eigenvalue weighted by Gasteiger charge is 2.51. The van der Waals surface area contributed by atoms with Crippen molar-refractivity contribution < 1.29 is 0 Å². The molecule has 1 fully saturated rings. The normalized spacial score (nSPS) is 33.1. The van der Waals surface area contributed by atoms with E-state index in [0.717, 1.165) is 17.8 Å². The van der Waals surface area contributed by atoms with Crippen LogP contribution >= 0.6 is 0 Å². The molecule has 0 aromatic carbocycles. The van der Waals surface area contributed by atoms with Crippen molar-refractivity contribution in [3.05, 3.63) is 12.7 Å². The zero-order valence-electron chi connectivity index (χ0n) is 10.3. The van der Waals surface area contributed by atoms with Crippen LogP contribution in [-0.2, 0) is 0 Å². The molecule has 1 aliphatic carbocycles. The Kier molecular flexibility index (Phi) is 3.80. The maximum atomic E-state index is 3.78. The van der Waals surface area contributed by atoms with Crippen molar-refractivity contribution >= 4 is 0 Å². The largest absolute Gasteiger partial charge is 0.103 e. The van der Waals surface area contributed by atoms with Crippen LogP contribution in [0.3, 0.4) is 0 Å². The lowest BCUT2D eigenvalue weighted by Crippen LogP contribution is -2.09. The molecule has 0 nitrogen and oxygen atoms in total. The summed E-state index contributed by atoms with van der Waals surface area (Å²) in [4.78, 5) is 0. The van der Waals surface area contributed by atoms with Crippen LogP contribution in [0.25, 0.3) is 0 Å². The Labute approximate surface area is 89.8 Å². The van der Waals surface area contributed by atoms with Crippen molar-refractivity contribution in [3.8, 4) is 0 Å². The van der Waals surface area contributed by atoms with Gasteiger partial charge in [0.15, 0.2) is 0 Å². The van der Waals surface area contributed by atoms with Gasteiger partial charge in [-0.15, -0.1) is 6.58 Å². The molecule has 0 heteroatoms. The number of rotatable bonds is 6. The van der Waals surface area contributed by atoms with Gasteiger partial charge in [0.25, 0.3) is 0 Å². The van der Waals surface area contributed by atoms with E-state index in [9.17, 15) is 0 Å². The molecule has 3 unspecified atom stereocenters. The second-order valence-corrected chi connectivity index (χ2v) is 5.77. The highest BCUT2D eigenvalue weighted by atomic mass is 14.6. The topological polar surface area (TPSA) is 0 Å². The number of hydrogen-bond donors (Lipinski definition) is 0. The summed E-state index contributed by atoms with van der Waals surface area (Å²) < 4.78 is 0. The van der Waals surface area contributed by atoms with Crippen LogP contribution < -0.4 is 0 Å². The van der Waals surface area contributed by atoms with Crippen molar-refractivity contribution in [2.45, 2.75) is 53.4 Å². The van der Waals surface area contributed by atoms with Gasteiger partial charge in [0.05, 0.1) is 0 Å². The number of allylic oxidation sites excluding steroid dienone is 1. The van der Waals surface area contributed by atoms with Crippen molar-refractivity contribution in [1.29, 1.82) is 0 Å². The highest BCUT2D eigenvalue weighted by Crippen LogP contribution is 2.60. The molecule has 0 aromatic rings. The first-order chi connectivity index (χ1) is 6.50. The quantitative estimate of drug-likeness (QED) is 0.539. The summed E-state index contributed by atoms with van der Waals surface area (Å²) in [6.07, 6.45) is 7.46. The van der Waals surface area contributed by atoms with E-state index in [-0.39, 0.29) is 0 Å². The molecule has 0 aromatic heterocycles. The Morgan fingerprint density at radius 1 is 1.43 bits per heavy atom. The third-order valence-electron chi connectivity index (χ3n) is 4.33. The molecule has 0 radical (unpaired) electrons.